The smallest absolute Gasteiger partial charge is 0.176 e. The molecule has 0 saturated carbocycles. The lowest BCUT2D eigenvalue weighted by Gasteiger charge is -2.03. The van der Waals surface area contributed by atoms with Crippen LogP contribution in [-0.4, -0.2) is 11.7 Å². The highest BCUT2D eigenvalue weighted by atomic mass is 16.5. The fraction of sp³-hybridized carbons (Fsp3) is 0.385. The average Bonchev–Trinajstić information content (AvgIpc) is 2.73. The first kappa shape index (κ1) is 11.0. The summed E-state index contributed by atoms with van der Waals surface area (Å²) in [5, 5.41) is 10.7. The molecule has 1 aromatic heterocycles. The van der Waals surface area contributed by atoms with Crippen LogP contribution in [0.25, 0.3) is 11.0 Å². The monoisotopic (exact) mass is 220 g/mol. The van der Waals surface area contributed by atoms with E-state index in [9.17, 15) is 5.11 Å². The summed E-state index contributed by atoms with van der Waals surface area (Å²) in [5.41, 5.74) is 0.715. The number of rotatable bonds is 4. The van der Waals surface area contributed by atoms with Gasteiger partial charge in [0.25, 0.3) is 0 Å². The van der Waals surface area contributed by atoms with Crippen LogP contribution >= 0.6 is 0 Å². The lowest BCUT2D eigenvalue weighted by Crippen LogP contribution is -1.92. The number of hydrogen-bond acceptors (Lipinski definition) is 3. The van der Waals surface area contributed by atoms with Gasteiger partial charge in [-0.2, -0.15) is 0 Å². The maximum absolute atomic E-state index is 9.72. The van der Waals surface area contributed by atoms with Crippen LogP contribution in [0.15, 0.2) is 28.7 Å². The lowest BCUT2D eigenvalue weighted by molar-refractivity contribution is 0.148. The van der Waals surface area contributed by atoms with E-state index in [0.717, 1.165) is 11.1 Å². The molecule has 1 unspecified atom stereocenters. The summed E-state index contributed by atoms with van der Waals surface area (Å²) in [7, 11) is 0. The number of aliphatic hydroxyl groups is 1. The Kier molecular flexibility index (Phi) is 3.15. The van der Waals surface area contributed by atoms with Crippen molar-refractivity contribution in [1.29, 1.82) is 0 Å². The number of fused-ring (bicyclic) bond motifs is 1. The molecule has 2 rings (SSSR count). The van der Waals surface area contributed by atoms with Crippen LogP contribution < -0.4 is 4.74 Å². The highest BCUT2D eigenvalue weighted by Crippen LogP contribution is 2.31. The van der Waals surface area contributed by atoms with Crippen LogP contribution in [0.5, 0.6) is 5.75 Å². The van der Waals surface area contributed by atoms with Gasteiger partial charge in [-0.25, -0.2) is 0 Å². The number of aliphatic hydroxyl groups excluding tert-OH is 1. The van der Waals surface area contributed by atoms with Gasteiger partial charge in [-0.15, -0.1) is 0 Å². The third-order valence-electron chi connectivity index (χ3n) is 2.54. The van der Waals surface area contributed by atoms with Crippen molar-refractivity contribution in [3.8, 4) is 5.75 Å². The van der Waals surface area contributed by atoms with Crippen molar-refractivity contribution in [3.05, 3.63) is 30.0 Å². The van der Waals surface area contributed by atoms with Gasteiger partial charge in [-0.1, -0.05) is 19.1 Å². The zero-order valence-electron chi connectivity index (χ0n) is 9.56. The molecule has 0 fully saturated rings. The van der Waals surface area contributed by atoms with Crippen LogP contribution in [0.3, 0.4) is 0 Å². The molecule has 3 heteroatoms. The van der Waals surface area contributed by atoms with E-state index in [1.807, 2.05) is 38.1 Å². The Morgan fingerprint density at radius 2 is 2.19 bits per heavy atom. The summed E-state index contributed by atoms with van der Waals surface area (Å²) in [6, 6.07) is 7.61. The maximum Gasteiger partial charge on any atom is 0.176 e. The van der Waals surface area contributed by atoms with E-state index in [1.54, 1.807) is 0 Å². The predicted molar refractivity (Wildman–Crippen MR) is 62.6 cm³/mol. The predicted octanol–water partition coefficient (Wildman–Crippen LogP) is 3.27. The van der Waals surface area contributed by atoms with Crippen molar-refractivity contribution in [3.63, 3.8) is 0 Å². The topological polar surface area (TPSA) is 42.6 Å². The number of benzene rings is 1. The first-order valence-electron chi connectivity index (χ1n) is 5.59. The van der Waals surface area contributed by atoms with Gasteiger partial charge < -0.3 is 14.3 Å². The van der Waals surface area contributed by atoms with Crippen molar-refractivity contribution in [2.45, 2.75) is 26.4 Å². The fourth-order valence-electron chi connectivity index (χ4n) is 1.69. The normalized spacial score (nSPS) is 12.9. The molecule has 2 aromatic rings. The molecule has 0 amide bonds. The van der Waals surface area contributed by atoms with E-state index in [0.29, 0.717) is 24.4 Å². The molecule has 0 radical (unpaired) electrons. The van der Waals surface area contributed by atoms with Gasteiger partial charge in [-0.3, -0.25) is 0 Å². The summed E-state index contributed by atoms with van der Waals surface area (Å²) >= 11 is 0. The van der Waals surface area contributed by atoms with Gasteiger partial charge in [0.1, 0.15) is 11.9 Å². The number of hydrogen-bond donors (Lipinski definition) is 1. The van der Waals surface area contributed by atoms with E-state index in [4.69, 9.17) is 9.15 Å². The second kappa shape index (κ2) is 4.58. The summed E-state index contributed by atoms with van der Waals surface area (Å²) in [6.07, 6.45) is 0.103. The summed E-state index contributed by atoms with van der Waals surface area (Å²) in [5.74, 6) is 1.33. The fourth-order valence-corrected chi connectivity index (χ4v) is 1.69. The minimum Gasteiger partial charge on any atom is -0.490 e. The molecular formula is C13H16O3. The third-order valence-corrected chi connectivity index (χ3v) is 2.54. The zero-order chi connectivity index (χ0) is 11.5. The van der Waals surface area contributed by atoms with Crippen LogP contribution in [-0.2, 0) is 0 Å². The van der Waals surface area contributed by atoms with Gasteiger partial charge >= 0.3 is 0 Å². The molecule has 16 heavy (non-hydrogen) atoms. The molecule has 1 heterocycles. The lowest BCUT2D eigenvalue weighted by atomic mass is 10.2. The third kappa shape index (κ3) is 1.91. The van der Waals surface area contributed by atoms with E-state index >= 15 is 0 Å². The molecule has 3 nitrogen and oxygen atoms in total. The average molecular weight is 220 g/mol. The molecule has 1 atom stereocenters. The number of para-hydroxylation sites is 1. The Hall–Kier alpha value is -1.48. The van der Waals surface area contributed by atoms with Crippen molar-refractivity contribution >= 4 is 11.0 Å². The maximum atomic E-state index is 9.72. The second-order valence-corrected chi connectivity index (χ2v) is 3.68. The molecule has 1 aromatic carbocycles. The van der Waals surface area contributed by atoms with Crippen LogP contribution in [0.1, 0.15) is 32.1 Å². The Labute approximate surface area is 94.6 Å². The molecule has 86 valence electrons. The van der Waals surface area contributed by atoms with Gasteiger partial charge in [0.15, 0.2) is 11.3 Å². The molecule has 0 spiro atoms. The largest absolute Gasteiger partial charge is 0.490 e. The molecular weight excluding hydrogens is 204 g/mol. The second-order valence-electron chi connectivity index (χ2n) is 3.68. The van der Waals surface area contributed by atoms with Gasteiger partial charge in [0, 0.05) is 5.39 Å². The molecule has 0 aliphatic rings. The van der Waals surface area contributed by atoms with Crippen molar-refractivity contribution < 1.29 is 14.3 Å². The number of furan rings is 1. The van der Waals surface area contributed by atoms with Gasteiger partial charge in [0.2, 0.25) is 0 Å². The molecule has 1 N–H and O–H groups in total. The first-order chi connectivity index (χ1) is 7.76. The quantitative estimate of drug-likeness (QED) is 0.859. The van der Waals surface area contributed by atoms with E-state index in [1.165, 1.54) is 0 Å². The van der Waals surface area contributed by atoms with Crippen LogP contribution in [0.2, 0.25) is 0 Å². The Morgan fingerprint density at radius 1 is 1.38 bits per heavy atom. The van der Waals surface area contributed by atoms with Gasteiger partial charge in [0.05, 0.1) is 6.61 Å². The summed E-state index contributed by atoms with van der Waals surface area (Å²) in [6.45, 7) is 4.45. The highest BCUT2D eigenvalue weighted by molar-refractivity contribution is 5.83. The van der Waals surface area contributed by atoms with E-state index in [2.05, 4.69) is 0 Å². The van der Waals surface area contributed by atoms with Gasteiger partial charge in [-0.05, 0) is 25.5 Å². The Balaban J connectivity index is 2.48. The summed E-state index contributed by atoms with van der Waals surface area (Å²) < 4.78 is 11.1. The minimum absolute atomic E-state index is 0.540. The zero-order valence-corrected chi connectivity index (χ0v) is 9.56. The highest BCUT2D eigenvalue weighted by Gasteiger charge is 2.13. The van der Waals surface area contributed by atoms with Crippen molar-refractivity contribution in [1.82, 2.24) is 0 Å². The Bertz CT molecular complexity index is 473. The van der Waals surface area contributed by atoms with Crippen molar-refractivity contribution in [2.75, 3.05) is 6.61 Å². The van der Waals surface area contributed by atoms with Crippen molar-refractivity contribution in [2.24, 2.45) is 0 Å². The van der Waals surface area contributed by atoms with E-state index in [-0.39, 0.29) is 0 Å². The first-order valence-corrected chi connectivity index (χ1v) is 5.59. The molecule has 0 saturated heterocycles. The SMILES string of the molecule is CCOc1cccc2cc(C(O)CC)oc12. The standard InChI is InChI=1S/C13H16O3/c1-3-10(14)12-8-9-6-5-7-11(15-4-2)13(9)16-12/h5-8,10,14H,3-4H2,1-2H3. The molecule has 0 aliphatic heterocycles. The molecule has 0 bridgehead atoms. The summed E-state index contributed by atoms with van der Waals surface area (Å²) in [4.78, 5) is 0. The Morgan fingerprint density at radius 3 is 2.88 bits per heavy atom. The minimum atomic E-state index is -0.540. The molecule has 0 aliphatic carbocycles. The number of ether oxygens (including phenoxy) is 1. The van der Waals surface area contributed by atoms with Crippen LogP contribution in [0.4, 0.5) is 0 Å². The van der Waals surface area contributed by atoms with Crippen LogP contribution in [0, 0.1) is 0 Å². The van der Waals surface area contributed by atoms with E-state index < -0.39 is 6.10 Å².